The molecule has 0 saturated heterocycles. The van der Waals surface area contributed by atoms with Crippen LogP contribution in [0.25, 0.3) is 11.0 Å². The molecule has 2 aromatic rings. The molecule has 1 aliphatic rings. The van der Waals surface area contributed by atoms with Gasteiger partial charge in [-0.25, -0.2) is 14.3 Å². The predicted molar refractivity (Wildman–Crippen MR) is 67.4 cm³/mol. The van der Waals surface area contributed by atoms with Gasteiger partial charge in [-0.05, 0) is 34.8 Å². The van der Waals surface area contributed by atoms with Crippen molar-refractivity contribution >= 4 is 33.1 Å². The number of aromatic nitrogens is 2. The highest BCUT2D eigenvalue weighted by molar-refractivity contribution is 9.10. The van der Waals surface area contributed by atoms with Crippen LogP contribution in [0.15, 0.2) is 22.9 Å². The Labute approximate surface area is 111 Å². The van der Waals surface area contributed by atoms with E-state index in [1.807, 2.05) is 6.07 Å². The van der Waals surface area contributed by atoms with Gasteiger partial charge in [0.1, 0.15) is 5.65 Å². The number of fused-ring (bicyclic) bond motifs is 1. The maximum Gasteiger partial charge on any atom is 0.417 e. The quantitative estimate of drug-likeness (QED) is 0.878. The molecule has 1 N–H and O–H groups in total. The number of nitrogens with zero attached hydrogens (tertiary/aromatic N) is 3. The Bertz CT molecular complexity index is 710. The lowest BCUT2D eigenvalue weighted by Crippen LogP contribution is -2.07. The summed E-state index contributed by atoms with van der Waals surface area (Å²) in [5, 5.41) is 19.1. The first-order valence-electron chi connectivity index (χ1n) is 5.39. The van der Waals surface area contributed by atoms with Crippen LogP contribution in [0.4, 0.5) is 4.79 Å². The lowest BCUT2D eigenvalue weighted by molar-refractivity contribution is 0.197. The first-order chi connectivity index (χ1) is 8.57. The molecule has 1 fully saturated rings. The molecule has 0 bridgehead atoms. The van der Waals surface area contributed by atoms with Crippen LogP contribution in [0.5, 0.6) is 0 Å². The predicted octanol–water partition coefficient (Wildman–Crippen LogP) is 2.88. The molecule has 0 aliphatic heterocycles. The molecule has 3 rings (SSSR count). The van der Waals surface area contributed by atoms with E-state index in [2.05, 4.69) is 27.0 Å². The van der Waals surface area contributed by atoms with Crippen molar-refractivity contribution in [2.24, 2.45) is 0 Å². The van der Waals surface area contributed by atoms with E-state index in [4.69, 9.17) is 5.11 Å². The van der Waals surface area contributed by atoms with E-state index in [-0.39, 0.29) is 0 Å². The third-order valence-corrected chi connectivity index (χ3v) is 3.73. The van der Waals surface area contributed by atoms with Gasteiger partial charge in [-0.3, -0.25) is 0 Å². The molecule has 6 heteroatoms. The second kappa shape index (κ2) is 3.56. The van der Waals surface area contributed by atoms with E-state index in [1.54, 1.807) is 6.20 Å². The van der Waals surface area contributed by atoms with Gasteiger partial charge < -0.3 is 5.11 Å². The fraction of sp³-hybridized carbons (Fsp3) is 0.250. The number of nitriles is 1. The first kappa shape index (κ1) is 11.2. The number of pyridine rings is 1. The van der Waals surface area contributed by atoms with E-state index < -0.39 is 11.5 Å². The van der Waals surface area contributed by atoms with Crippen molar-refractivity contribution in [1.82, 2.24) is 9.55 Å². The van der Waals surface area contributed by atoms with Crippen molar-refractivity contribution in [2.75, 3.05) is 0 Å². The lowest BCUT2D eigenvalue weighted by Gasteiger charge is -2.02. The van der Waals surface area contributed by atoms with Gasteiger partial charge in [0.2, 0.25) is 0 Å². The molecular weight excluding hydrogens is 298 g/mol. The summed E-state index contributed by atoms with van der Waals surface area (Å²) >= 11 is 3.32. The first-order valence-corrected chi connectivity index (χ1v) is 6.18. The second-order valence-electron chi connectivity index (χ2n) is 4.41. The normalized spacial score (nSPS) is 16.4. The van der Waals surface area contributed by atoms with E-state index >= 15 is 0 Å². The summed E-state index contributed by atoms with van der Waals surface area (Å²) in [5.41, 5.74) is 0.611. The Hall–Kier alpha value is -1.87. The molecule has 1 saturated carbocycles. The summed E-state index contributed by atoms with van der Waals surface area (Å²) in [6.45, 7) is 0. The number of carbonyl (C=O) groups is 1. The molecule has 2 aromatic heterocycles. The summed E-state index contributed by atoms with van der Waals surface area (Å²) in [5.74, 6) is 0. The van der Waals surface area contributed by atoms with Gasteiger partial charge in [0.05, 0.1) is 11.5 Å². The Kier molecular flexibility index (Phi) is 2.22. The van der Waals surface area contributed by atoms with Crippen LogP contribution < -0.4 is 0 Å². The maximum atomic E-state index is 11.2. The zero-order valence-electron chi connectivity index (χ0n) is 9.22. The van der Waals surface area contributed by atoms with E-state index in [1.165, 1.54) is 6.20 Å². The van der Waals surface area contributed by atoms with Gasteiger partial charge in [-0.15, -0.1) is 0 Å². The van der Waals surface area contributed by atoms with Crippen molar-refractivity contribution in [3.8, 4) is 6.07 Å². The van der Waals surface area contributed by atoms with Crippen molar-refractivity contribution in [1.29, 1.82) is 5.26 Å². The summed E-state index contributed by atoms with van der Waals surface area (Å²) in [6, 6.07) is 4.10. The highest BCUT2D eigenvalue weighted by Crippen LogP contribution is 2.50. The highest BCUT2D eigenvalue weighted by atomic mass is 79.9. The molecule has 0 aromatic carbocycles. The van der Waals surface area contributed by atoms with Gasteiger partial charge in [0.15, 0.2) is 0 Å². The van der Waals surface area contributed by atoms with Crippen LogP contribution in [0.2, 0.25) is 0 Å². The molecule has 0 unspecified atom stereocenters. The minimum atomic E-state index is -1.09. The van der Waals surface area contributed by atoms with Crippen molar-refractivity contribution in [3.63, 3.8) is 0 Å². The van der Waals surface area contributed by atoms with Crippen LogP contribution >= 0.6 is 15.9 Å². The number of hydrogen-bond acceptors (Lipinski definition) is 3. The molecular formula is C12H8BrN3O2. The van der Waals surface area contributed by atoms with Crippen molar-refractivity contribution in [2.45, 2.75) is 18.3 Å². The second-order valence-corrected chi connectivity index (χ2v) is 5.33. The SMILES string of the molecule is N#CC1(c2cn(C(=O)O)c3ncc(Br)cc23)CC1. The highest BCUT2D eigenvalue weighted by Gasteiger charge is 2.47. The zero-order valence-corrected chi connectivity index (χ0v) is 10.8. The topological polar surface area (TPSA) is 78.9 Å². The Morgan fingerprint density at radius 1 is 1.61 bits per heavy atom. The Morgan fingerprint density at radius 3 is 2.89 bits per heavy atom. The number of hydrogen-bond donors (Lipinski definition) is 1. The molecule has 2 heterocycles. The van der Waals surface area contributed by atoms with Crippen LogP contribution in [-0.4, -0.2) is 20.8 Å². The summed E-state index contributed by atoms with van der Waals surface area (Å²) < 4.78 is 1.85. The molecule has 0 radical (unpaired) electrons. The van der Waals surface area contributed by atoms with Crippen molar-refractivity contribution < 1.29 is 9.90 Å². The van der Waals surface area contributed by atoms with Gasteiger partial charge in [-0.2, -0.15) is 5.26 Å². The lowest BCUT2D eigenvalue weighted by atomic mass is 9.98. The van der Waals surface area contributed by atoms with Crippen LogP contribution in [-0.2, 0) is 5.41 Å². The Balaban J connectivity index is 2.36. The molecule has 5 nitrogen and oxygen atoms in total. The smallest absolute Gasteiger partial charge is 0.417 e. The summed E-state index contributed by atoms with van der Waals surface area (Å²) in [4.78, 5) is 15.3. The third kappa shape index (κ3) is 1.44. The molecule has 1 aliphatic carbocycles. The summed E-state index contributed by atoms with van der Waals surface area (Å²) in [6.07, 6.45) is 3.53. The molecule has 0 amide bonds. The zero-order chi connectivity index (χ0) is 12.9. The largest absolute Gasteiger partial charge is 0.464 e. The Morgan fingerprint density at radius 2 is 2.33 bits per heavy atom. The van der Waals surface area contributed by atoms with Crippen LogP contribution in [0, 0.1) is 11.3 Å². The average molecular weight is 306 g/mol. The molecule has 90 valence electrons. The minimum absolute atomic E-state index is 0.377. The van der Waals surface area contributed by atoms with Crippen LogP contribution in [0.1, 0.15) is 18.4 Å². The number of rotatable bonds is 1. The van der Waals surface area contributed by atoms with E-state index in [0.717, 1.165) is 32.8 Å². The average Bonchev–Trinajstić information content (AvgIpc) is 3.04. The molecule has 0 spiro atoms. The maximum absolute atomic E-state index is 11.2. The fourth-order valence-corrected chi connectivity index (χ4v) is 2.51. The monoisotopic (exact) mass is 305 g/mol. The van der Waals surface area contributed by atoms with Gasteiger partial charge in [0.25, 0.3) is 0 Å². The van der Waals surface area contributed by atoms with Gasteiger partial charge in [0, 0.05) is 27.8 Å². The van der Waals surface area contributed by atoms with Gasteiger partial charge in [-0.1, -0.05) is 0 Å². The number of halogens is 1. The molecule has 18 heavy (non-hydrogen) atoms. The van der Waals surface area contributed by atoms with Crippen LogP contribution in [0.3, 0.4) is 0 Å². The van der Waals surface area contributed by atoms with Crippen molar-refractivity contribution in [3.05, 3.63) is 28.5 Å². The molecule has 0 atom stereocenters. The minimum Gasteiger partial charge on any atom is -0.464 e. The standard InChI is InChI=1S/C12H8BrN3O2/c13-7-3-8-9(12(6-14)1-2-12)5-16(11(17)18)10(8)15-4-7/h3-5H,1-2H2,(H,17,18). The third-order valence-electron chi connectivity index (χ3n) is 3.30. The van der Waals surface area contributed by atoms with E-state index in [0.29, 0.717) is 5.65 Å². The van der Waals surface area contributed by atoms with Gasteiger partial charge >= 0.3 is 6.09 Å². The number of carboxylic acid groups (broad SMARTS) is 1. The fourth-order valence-electron chi connectivity index (χ4n) is 2.18. The van der Waals surface area contributed by atoms with E-state index in [9.17, 15) is 10.1 Å². The summed E-state index contributed by atoms with van der Waals surface area (Å²) in [7, 11) is 0.